The van der Waals surface area contributed by atoms with E-state index in [4.69, 9.17) is 15.6 Å². The Bertz CT molecular complexity index is 351. The van der Waals surface area contributed by atoms with Crippen LogP contribution in [0.4, 0.5) is 5.69 Å². The highest BCUT2D eigenvalue weighted by atomic mass is 16.5. The van der Waals surface area contributed by atoms with E-state index in [-0.39, 0.29) is 13.2 Å². The summed E-state index contributed by atoms with van der Waals surface area (Å²) in [4.78, 5) is 11.2. The topological polar surface area (TPSA) is 81.8 Å². The van der Waals surface area contributed by atoms with Crippen LogP contribution in [0.2, 0.25) is 0 Å². The molecule has 1 aromatic rings. The van der Waals surface area contributed by atoms with Crippen molar-refractivity contribution in [3.63, 3.8) is 0 Å². The van der Waals surface area contributed by atoms with Crippen molar-refractivity contribution in [2.45, 2.75) is 0 Å². The Morgan fingerprint density at radius 1 is 1.53 bits per heavy atom. The number of hydrogen-bond donors (Lipinski definition) is 2. The largest absolute Gasteiger partial charge is 0.489 e. The lowest BCUT2D eigenvalue weighted by Gasteiger charge is -2.08. The first-order valence-corrected chi connectivity index (χ1v) is 4.40. The summed E-state index contributed by atoms with van der Waals surface area (Å²) in [5.41, 5.74) is 6.39. The quantitative estimate of drug-likeness (QED) is 0.557. The van der Waals surface area contributed by atoms with Gasteiger partial charge >= 0.3 is 5.97 Å². The van der Waals surface area contributed by atoms with Crippen LogP contribution in [0.25, 0.3) is 0 Å². The second-order valence-corrected chi connectivity index (χ2v) is 2.82. The minimum atomic E-state index is -0.455. The fourth-order valence-electron chi connectivity index (χ4n) is 1.06. The van der Waals surface area contributed by atoms with Gasteiger partial charge in [0.15, 0.2) is 0 Å². The van der Waals surface area contributed by atoms with Crippen LogP contribution in [0.1, 0.15) is 10.4 Å². The summed E-state index contributed by atoms with van der Waals surface area (Å²) in [5, 5.41) is 8.59. The van der Waals surface area contributed by atoms with Gasteiger partial charge in [-0.25, -0.2) is 4.79 Å². The summed E-state index contributed by atoms with van der Waals surface area (Å²) in [5.74, 6) is -0.0872. The average Bonchev–Trinajstić information content (AvgIpc) is 2.27. The number of aliphatic hydroxyl groups excluding tert-OH is 1. The van der Waals surface area contributed by atoms with E-state index < -0.39 is 5.97 Å². The zero-order valence-electron chi connectivity index (χ0n) is 8.40. The molecule has 0 aliphatic rings. The molecule has 0 saturated carbocycles. The van der Waals surface area contributed by atoms with E-state index in [1.807, 2.05) is 0 Å². The second-order valence-electron chi connectivity index (χ2n) is 2.82. The number of nitrogen functional groups attached to an aromatic ring is 1. The Kier molecular flexibility index (Phi) is 3.93. The number of esters is 1. The van der Waals surface area contributed by atoms with E-state index in [1.54, 1.807) is 12.1 Å². The Morgan fingerprint density at radius 3 is 2.87 bits per heavy atom. The minimum Gasteiger partial charge on any atom is -0.489 e. The molecule has 0 saturated heterocycles. The molecule has 0 spiro atoms. The Labute approximate surface area is 87.4 Å². The first-order chi connectivity index (χ1) is 7.19. The van der Waals surface area contributed by atoms with Crippen LogP contribution in [-0.2, 0) is 4.74 Å². The van der Waals surface area contributed by atoms with Gasteiger partial charge in [-0.05, 0) is 18.2 Å². The number of anilines is 1. The monoisotopic (exact) mass is 211 g/mol. The molecule has 0 amide bonds. The number of nitrogens with two attached hydrogens (primary N) is 1. The maximum Gasteiger partial charge on any atom is 0.337 e. The van der Waals surface area contributed by atoms with Crippen LogP contribution in [0, 0.1) is 0 Å². The van der Waals surface area contributed by atoms with Crippen LogP contribution >= 0.6 is 0 Å². The van der Waals surface area contributed by atoms with Gasteiger partial charge in [0.25, 0.3) is 0 Å². The van der Waals surface area contributed by atoms with Crippen LogP contribution in [-0.4, -0.2) is 31.4 Å². The third kappa shape index (κ3) is 2.85. The van der Waals surface area contributed by atoms with Crippen LogP contribution < -0.4 is 10.5 Å². The molecule has 0 heterocycles. The molecule has 0 aromatic heterocycles. The van der Waals surface area contributed by atoms with Gasteiger partial charge < -0.3 is 20.3 Å². The smallest absolute Gasteiger partial charge is 0.337 e. The van der Waals surface area contributed by atoms with Crippen molar-refractivity contribution in [3.8, 4) is 5.75 Å². The van der Waals surface area contributed by atoms with Crippen molar-refractivity contribution >= 4 is 11.7 Å². The maximum atomic E-state index is 11.2. The molecule has 5 heteroatoms. The molecule has 1 rings (SSSR count). The highest BCUT2D eigenvalue weighted by Crippen LogP contribution is 2.22. The fourth-order valence-corrected chi connectivity index (χ4v) is 1.06. The maximum absolute atomic E-state index is 11.2. The summed E-state index contributed by atoms with van der Waals surface area (Å²) in [6.45, 7) is 0.0245. The van der Waals surface area contributed by atoms with E-state index in [0.29, 0.717) is 17.0 Å². The predicted molar refractivity (Wildman–Crippen MR) is 54.8 cm³/mol. The molecule has 0 unspecified atom stereocenters. The standard InChI is InChI=1S/C10H13NO4/c1-14-10(13)7-2-3-8(11)9(6-7)15-5-4-12/h2-3,6,12H,4-5,11H2,1H3. The van der Waals surface area contributed by atoms with Gasteiger partial charge in [-0.15, -0.1) is 0 Å². The van der Waals surface area contributed by atoms with Crippen molar-refractivity contribution in [1.29, 1.82) is 0 Å². The molecule has 3 N–H and O–H groups in total. The lowest BCUT2D eigenvalue weighted by atomic mass is 10.2. The van der Waals surface area contributed by atoms with E-state index in [9.17, 15) is 4.79 Å². The first-order valence-electron chi connectivity index (χ1n) is 4.40. The zero-order chi connectivity index (χ0) is 11.3. The van der Waals surface area contributed by atoms with Crippen molar-refractivity contribution in [2.75, 3.05) is 26.1 Å². The third-order valence-corrected chi connectivity index (χ3v) is 1.78. The highest BCUT2D eigenvalue weighted by Gasteiger charge is 2.08. The summed E-state index contributed by atoms with van der Waals surface area (Å²) < 4.78 is 9.69. The molecular formula is C10H13NO4. The van der Waals surface area contributed by atoms with E-state index in [2.05, 4.69) is 4.74 Å². The van der Waals surface area contributed by atoms with Crippen LogP contribution in [0.3, 0.4) is 0 Å². The Morgan fingerprint density at radius 2 is 2.27 bits per heavy atom. The highest BCUT2D eigenvalue weighted by molar-refractivity contribution is 5.90. The van der Waals surface area contributed by atoms with E-state index in [1.165, 1.54) is 13.2 Å². The van der Waals surface area contributed by atoms with Crippen molar-refractivity contribution < 1.29 is 19.4 Å². The zero-order valence-corrected chi connectivity index (χ0v) is 8.40. The predicted octanol–water partition coefficient (Wildman–Crippen LogP) is 0.426. The minimum absolute atomic E-state index is 0.109. The SMILES string of the molecule is COC(=O)c1ccc(N)c(OCCO)c1. The molecule has 82 valence electrons. The van der Waals surface area contributed by atoms with Gasteiger partial charge in [-0.2, -0.15) is 0 Å². The number of benzene rings is 1. The lowest BCUT2D eigenvalue weighted by Crippen LogP contribution is -2.06. The Balaban J connectivity index is 2.89. The summed E-state index contributed by atoms with van der Waals surface area (Å²) in [6.07, 6.45) is 0. The van der Waals surface area contributed by atoms with Gasteiger partial charge in [0.2, 0.25) is 0 Å². The van der Waals surface area contributed by atoms with Gasteiger partial charge in [-0.1, -0.05) is 0 Å². The first kappa shape index (κ1) is 11.3. The second kappa shape index (κ2) is 5.21. The summed E-state index contributed by atoms with van der Waals surface area (Å²) in [7, 11) is 1.30. The van der Waals surface area contributed by atoms with Gasteiger partial charge in [0.05, 0.1) is 25.0 Å². The molecule has 0 atom stereocenters. The fraction of sp³-hybridized carbons (Fsp3) is 0.300. The lowest BCUT2D eigenvalue weighted by molar-refractivity contribution is 0.0600. The van der Waals surface area contributed by atoms with Crippen molar-refractivity contribution in [3.05, 3.63) is 23.8 Å². The van der Waals surface area contributed by atoms with Gasteiger partial charge in [-0.3, -0.25) is 0 Å². The van der Waals surface area contributed by atoms with Crippen LogP contribution in [0.15, 0.2) is 18.2 Å². The van der Waals surface area contributed by atoms with Gasteiger partial charge in [0, 0.05) is 0 Å². The molecule has 5 nitrogen and oxygen atoms in total. The summed E-state index contributed by atoms with van der Waals surface area (Å²) in [6, 6.07) is 4.59. The normalized spacial score (nSPS) is 9.73. The number of rotatable bonds is 4. The number of aliphatic hydroxyl groups is 1. The number of carbonyl (C=O) groups is 1. The molecule has 1 aromatic carbocycles. The average molecular weight is 211 g/mol. The van der Waals surface area contributed by atoms with E-state index in [0.717, 1.165) is 0 Å². The van der Waals surface area contributed by atoms with Crippen molar-refractivity contribution in [1.82, 2.24) is 0 Å². The third-order valence-electron chi connectivity index (χ3n) is 1.78. The number of hydrogen-bond acceptors (Lipinski definition) is 5. The molecule has 0 fully saturated rings. The molecule has 0 aliphatic carbocycles. The van der Waals surface area contributed by atoms with Crippen LogP contribution in [0.5, 0.6) is 5.75 Å². The van der Waals surface area contributed by atoms with Gasteiger partial charge in [0.1, 0.15) is 12.4 Å². The number of carbonyl (C=O) groups excluding carboxylic acids is 1. The number of ether oxygens (including phenoxy) is 2. The molecular weight excluding hydrogens is 198 g/mol. The number of methoxy groups -OCH3 is 1. The summed E-state index contributed by atoms with van der Waals surface area (Å²) >= 11 is 0. The van der Waals surface area contributed by atoms with Crippen molar-refractivity contribution in [2.24, 2.45) is 0 Å². The molecule has 0 radical (unpaired) electrons. The Hall–Kier alpha value is -1.75. The molecule has 0 aliphatic heterocycles. The van der Waals surface area contributed by atoms with E-state index >= 15 is 0 Å². The molecule has 0 bridgehead atoms. The molecule has 15 heavy (non-hydrogen) atoms.